The third kappa shape index (κ3) is 5.16. The number of nitrogens with zero attached hydrogens (tertiary/aromatic N) is 3. The fourth-order valence-corrected chi connectivity index (χ4v) is 2.43. The first kappa shape index (κ1) is 18.1. The maximum atomic E-state index is 12.0. The second kappa shape index (κ2) is 9.17. The van der Waals surface area contributed by atoms with Gasteiger partial charge in [-0.1, -0.05) is 6.07 Å². The third-order valence-corrected chi connectivity index (χ3v) is 3.75. The highest BCUT2D eigenvalue weighted by Crippen LogP contribution is 2.08. The molecule has 6 heteroatoms. The van der Waals surface area contributed by atoms with E-state index in [0.29, 0.717) is 18.8 Å². The molecule has 2 aromatic rings. The monoisotopic (exact) mass is 331 g/mol. The van der Waals surface area contributed by atoms with Gasteiger partial charge in [-0.05, 0) is 45.7 Å². The number of aromatic nitrogens is 3. The van der Waals surface area contributed by atoms with Gasteiger partial charge in [-0.25, -0.2) is 4.79 Å². The molecule has 2 aromatic heterocycles. The molecule has 0 radical (unpaired) electrons. The summed E-state index contributed by atoms with van der Waals surface area (Å²) in [6, 6.07) is 6.02. The summed E-state index contributed by atoms with van der Waals surface area (Å²) in [6.07, 6.45) is 3.33. The van der Waals surface area contributed by atoms with E-state index in [9.17, 15) is 4.79 Å². The second-order valence-corrected chi connectivity index (χ2v) is 5.58. The van der Waals surface area contributed by atoms with Crippen molar-refractivity contribution in [3.63, 3.8) is 0 Å². The largest absolute Gasteiger partial charge is 0.460 e. The van der Waals surface area contributed by atoms with Gasteiger partial charge in [0.05, 0.1) is 12.8 Å². The summed E-state index contributed by atoms with van der Waals surface area (Å²) in [5.74, 6) is -0.347. The molecule has 0 N–H and O–H groups in total. The molecule has 0 saturated carbocycles. The maximum absolute atomic E-state index is 12.0. The molecule has 0 atom stereocenters. The molecule has 0 aromatic carbocycles. The first-order valence-corrected chi connectivity index (χ1v) is 8.31. The zero-order chi connectivity index (χ0) is 17.4. The predicted octanol–water partition coefficient (Wildman–Crippen LogP) is 2.72. The van der Waals surface area contributed by atoms with E-state index in [1.54, 1.807) is 10.9 Å². The fourth-order valence-electron chi connectivity index (χ4n) is 2.43. The number of carbonyl (C=O) groups is 1. The van der Waals surface area contributed by atoms with Crippen LogP contribution in [0.15, 0.2) is 24.4 Å². The van der Waals surface area contributed by atoms with Crippen LogP contribution in [0.1, 0.15) is 40.8 Å². The Labute approximate surface area is 142 Å². The lowest BCUT2D eigenvalue weighted by Crippen LogP contribution is -2.12. The average molecular weight is 331 g/mol. The Morgan fingerprint density at radius 1 is 1.21 bits per heavy atom. The van der Waals surface area contributed by atoms with Crippen LogP contribution in [-0.4, -0.2) is 40.6 Å². The third-order valence-electron chi connectivity index (χ3n) is 3.75. The van der Waals surface area contributed by atoms with Crippen LogP contribution < -0.4 is 0 Å². The lowest BCUT2D eigenvalue weighted by Gasteiger charge is -2.06. The SMILES string of the molecule is CCn1ncc(C(=O)OCCOCCCc2cccc(C)n2)c1C. The summed E-state index contributed by atoms with van der Waals surface area (Å²) in [7, 11) is 0. The molecule has 2 rings (SSSR count). The number of aryl methyl sites for hydroxylation is 3. The Hall–Kier alpha value is -2.21. The summed E-state index contributed by atoms with van der Waals surface area (Å²) in [6.45, 7) is 7.84. The molecular weight excluding hydrogens is 306 g/mol. The normalized spacial score (nSPS) is 10.8. The van der Waals surface area contributed by atoms with E-state index in [1.807, 2.05) is 39.0 Å². The number of hydrogen-bond acceptors (Lipinski definition) is 5. The Morgan fingerprint density at radius 3 is 2.75 bits per heavy atom. The van der Waals surface area contributed by atoms with Gasteiger partial charge >= 0.3 is 5.97 Å². The Morgan fingerprint density at radius 2 is 2.04 bits per heavy atom. The molecule has 2 heterocycles. The molecule has 0 aliphatic rings. The number of hydrogen-bond donors (Lipinski definition) is 0. The van der Waals surface area contributed by atoms with Crippen LogP contribution in [-0.2, 0) is 22.4 Å². The van der Waals surface area contributed by atoms with E-state index >= 15 is 0 Å². The Balaban J connectivity index is 1.59. The number of rotatable bonds is 9. The van der Waals surface area contributed by atoms with Gasteiger partial charge in [-0.3, -0.25) is 9.67 Å². The van der Waals surface area contributed by atoms with Crippen molar-refractivity contribution < 1.29 is 14.3 Å². The van der Waals surface area contributed by atoms with Gasteiger partial charge in [0, 0.05) is 30.2 Å². The molecule has 0 aliphatic carbocycles. The molecule has 0 spiro atoms. The molecule has 0 unspecified atom stereocenters. The van der Waals surface area contributed by atoms with Crippen molar-refractivity contribution in [3.8, 4) is 0 Å². The first-order chi connectivity index (χ1) is 11.6. The molecular formula is C18H25N3O3. The van der Waals surface area contributed by atoms with Gasteiger partial charge in [-0.2, -0.15) is 5.10 Å². The summed E-state index contributed by atoms with van der Waals surface area (Å²) in [5, 5.41) is 4.14. The average Bonchev–Trinajstić information content (AvgIpc) is 2.94. The minimum absolute atomic E-state index is 0.248. The summed E-state index contributed by atoms with van der Waals surface area (Å²) < 4.78 is 12.5. The van der Waals surface area contributed by atoms with Crippen molar-refractivity contribution in [1.82, 2.24) is 14.8 Å². The quantitative estimate of drug-likeness (QED) is 0.522. The minimum atomic E-state index is -0.347. The molecule has 24 heavy (non-hydrogen) atoms. The van der Waals surface area contributed by atoms with Crippen molar-refractivity contribution in [2.45, 2.75) is 40.2 Å². The molecule has 0 bridgehead atoms. The zero-order valence-electron chi connectivity index (χ0n) is 14.6. The lowest BCUT2D eigenvalue weighted by atomic mass is 10.2. The van der Waals surface area contributed by atoms with Crippen LogP contribution in [0.2, 0.25) is 0 Å². The second-order valence-electron chi connectivity index (χ2n) is 5.58. The fraction of sp³-hybridized carbons (Fsp3) is 0.500. The smallest absolute Gasteiger partial charge is 0.341 e. The first-order valence-electron chi connectivity index (χ1n) is 8.31. The van der Waals surface area contributed by atoms with E-state index in [2.05, 4.69) is 10.1 Å². The standard InChI is InChI=1S/C18H25N3O3/c1-4-21-15(3)17(13-19-21)18(22)24-12-11-23-10-6-9-16-8-5-7-14(2)20-16/h5,7-8,13H,4,6,9-12H2,1-3H3. The predicted molar refractivity (Wildman–Crippen MR) is 91.0 cm³/mol. The lowest BCUT2D eigenvalue weighted by molar-refractivity contribution is 0.0314. The number of esters is 1. The van der Waals surface area contributed by atoms with Gasteiger partial charge in [0.1, 0.15) is 12.2 Å². The summed E-state index contributed by atoms with van der Waals surface area (Å²) in [4.78, 5) is 16.4. The van der Waals surface area contributed by atoms with Gasteiger partial charge < -0.3 is 9.47 Å². The Bertz CT molecular complexity index is 667. The van der Waals surface area contributed by atoms with Crippen LogP contribution in [0.4, 0.5) is 0 Å². The van der Waals surface area contributed by atoms with Crippen molar-refractivity contribution in [3.05, 3.63) is 47.0 Å². The number of ether oxygens (including phenoxy) is 2. The number of carbonyl (C=O) groups excluding carboxylic acids is 1. The highest BCUT2D eigenvalue weighted by molar-refractivity contribution is 5.90. The van der Waals surface area contributed by atoms with Gasteiger partial charge in [0.2, 0.25) is 0 Å². The van der Waals surface area contributed by atoms with Crippen LogP contribution in [0.3, 0.4) is 0 Å². The van der Waals surface area contributed by atoms with Crippen LogP contribution in [0, 0.1) is 13.8 Å². The van der Waals surface area contributed by atoms with E-state index in [0.717, 1.165) is 36.5 Å². The van der Waals surface area contributed by atoms with Crippen LogP contribution in [0.25, 0.3) is 0 Å². The maximum Gasteiger partial charge on any atom is 0.341 e. The molecule has 0 saturated heterocycles. The molecule has 0 amide bonds. The molecule has 6 nitrogen and oxygen atoms in total. The highest BCUT2D eigenvalue weighted by Gasteiger charge is 2.14. The summed E-state index contributed by atoms with van der Waals surface area (Å²) in [5.41, 5.74) is 3.45. The van der Waals surface area contributed by atoms with Crippen LogP contribution >= 0.6 is 0 Å². The van der Waals surface area contributed by atoms with Crippen molar-refractivity contribution in [2.24, 2.45) is 0 Å². The van der Waals surface area contributed by atoms with Crippen molar-refractivity contribution in [1.29, 1.82) is 0 Å². The molecule has 130 valence electrons. The zero-order valence-corrected chi connectivity index (χ0v) is 14.6. The van der Waals surface area contributed by atoms with Gasteiger partial charge in [0.25, 0.3) is 0 Å². The Kier molecular flexibility index (Phi) is 6.93. The van der Waals surface area contributed by atoms with E-state index < -0.39 is 0 Å². The summed E-state index contributed by atoms with van der Waals surface area (Å²) >= 11 is 0. The van der Waals surface area contributed by atoms with Gasteiger partial charge in [-0.15, -0.1) is 0 Å². The molecule has 0 aliphatic heterocycles. The van der Waals surface area contributed by atoms with E-state index in [-0.39, 0.29) is 12.6 Å². The highest BCUT2D eigenvalue weighted by atomic mass is 16.6. The number of pyridine rings is 1. The van der Waals surface area contributed by atoms with Crippen molar-refractivity contribution >= 4 is 5.97 Å². The van der Waals surface area contributed by atoms with Crippen molar-refractivity contribution in [2.75, 3.05) is 19.8 Å². The van der Waals surface area contributed by atoms with E-state index in [4.69, 9.17) is 9.47 Å². The van der Waals surface area contributed by atoms with Crippen LogP contribution in [0.5, 0.6) is 0 Å². The van der Waals surface area contributed by atoms with Gasteiger partial charge in [0.15, 0.2) is 0 Å². The minimum Gasteiger partial charge on any atom is -0.460 e. The molecule has 0 fully saturated rings. The van der Waals surface area contributed by atoms with E-state index in [1.165, 1.54) is 0 Å². The topological polar surface area (TPSA) is 66.2 Å².